The van der Waals surface area contributed by atoms with E-state index in [1.165, 1.54) is 85.3 Å². The molecule has 0 fully saturated rings. The van der Waals surface area contributed by atoms with Gasteiger partial charge in [0.05, 0.1) is 11.0 Å². The molecule has 0 unspecified atom stereocenters. The molecule has 2 nitrogen and oxygen atoms in total. The van der Waals surface area contributed by atoms with Gasteiger partial charge in [0.25, 0.3) is 0 Å². The molecule has 2 aromatic heterocycles. The van der Waals surface area contributed by atoms with Gasteiger partial charge in [-0.2, -0.15) is 0 Å². The Labute approximate surface area is 360 Å². The number of rotatable bonds is 7. The predicted molar refractivity (Wildman–Crippen MR) is 261 cm³/mol. The molecule has 0 aliphatic heterocycles. The van der Waals surface area contributed by atoms with Crippen molar-refractivity contribution < 1.29 is 0 Å². The van der Waals surface area contributed by atoms with Crippen LogP contribution in [0.2, 0.25) is 0 Å². The molecular formula is C58H38N2Se. The minimum atomic E-state index is 0.328. The molecule has 2 heterocycles. The maximum absolute atomic E-state index is 2.41. The van der Waals surface area contributed by atoms with Gasteiger partial charge in [0.15, 0.2) is 0 Å². The largest absolute Gasteiger partial charge is 0.0602 e. The Kier molecular flexibility index (Phi) is 8.55. The summed E-state index contributed by atoms with van der Waals surface area (Å²) in [5, 5.41) is 7.81. The Morgan fingerprint density at radius 2 is 0.820 bits per heavy atom. The van der Waals surface area contributed by atoms with Gasteiger partial charge in [0.2, 0.25) is 0 Å². The second kappa shape index (κ2) is 14.7. The molecule has 0 amide bonds. The summed E-state index contributed by atoms with van der Waals surface area (Å²) in [6.45, 7) is 0. The van der Waals surface area contributed by atoms with Crippen molar-refractivity contribution in [1.29, 1.82) is 0 Å². The van der Waals surface area contributed by atoms with Crippen molar-refractivity contribution >= 4 is 83.4 Å². The van der Waals surface area contributed by atoms with Crippen molar-refractivity contribution in [3.63, 3.8) is 0 Å². The van der Waals surface area contributed by atoms with Crippen molar-refractivity contribution in [3.8, 4) is 39.1 Å². The van der Waals surface area contributed by atoms with E-state index in [4.69, 9.17) is 0 Å². The average molecular weight is 842 g/mol. The van der Waals surface area contributed by atoms with Gasteiger partial charge in [-0.15, -0.1) is 0 Å². The molecule has 0 radical (unpaired) electrons. The van der Waals surface area contributed by atoms with Crippen molar-refractivity contribution in [1.82, 2.24) is 4.57 Å². The number of benzene rings is 10. The monoisotopic (exact) mass is 842 g/mol. The summed E-state index contributed by atoms with van der Waals surface area (Å²) in [6.07, 6.45) is 0. The fourth-order valence-corrected chi connectivity index (χ4v) is 11.6. The maximum atomic E-state index is 2.41. The van der Waals surface area contributed by atoms with E-state index in [0.717, 1.165) is 22.7 Å². The Morgan fingerprint density at radius 3 is 1.54 bits per heavy atom. The standard InChI is InChI=1S/C58H38N2Se/c1-2-13-45(14-3-1)60-55-19-8-6-16-51(55)52-35-27-43(37-56(52)60)39-21-29-46(30-22-39)59(48-33-25-42(26-34-48)50-18-10-12-41-11-4-5-15-49(41)50)47-31-23-40(24-32-47)44-28-36-54-53-17-7-9-20-57(53)61-58(54)38-44/h1-38H. The first-order valence-corrected chi connectivity index (χ1v) is 22.5. The zero-order chi connectivity index (χ0) is 40.3. The van der Waals surface area contributed by atoms with Gasteiger partial charge in [-0.05, 0) is 46.2 Å². The van der Waals surface area contributed by atoms with Gasteiger partial charge >= 0.3 is 193 Å². The number of aromatic nitrogens is 1. The van der Waals surface area contributed by atoms with E-state index in [1.54, 1.807) is 0 Å². The topological polar surface area (TPSA) is 8.17 Å². The maximum Gasteiger partial charge on any atom is 0.0547 e. The van der Waals surface area contributed by atoms with E-state index in [1.807, 2.05) is 0 Å². The molecule has 0 N–H and O–H groups in total. The van der Waals surface area contributed by atoms with Crippen LogP contribution in [-0.4, -0.2) is 19.1 Å². The third-order valence-corrected chi connectivity index (χ3v) is 14.6. The Balaban J connectivity index is 0.934. The van der Waals surface area contributed by atoms with Crippen LogP contribution >= 0.6 is 0 Å². The smallest absolute Gasteiger partial charge is 0.0547 e. The first-order valence-electron chi connectivity index (χ1n) is 20.8. The molecule has 3 heteroatoms. The molecule has 0 saturated heterocycles. The molecule has 0 saturated carbocycles. The van der Waals surface area contributed by atoms with E-state index >= 15 is 0 Å². The van der Waals surface area contributed by atoms with Crippen molar-refractivity contribution in [2.75, 3.05) is 4.90 Å². The van der Waals surface area contributed by atoms with Crippen molar-refractivity contribution in [3.05, 3.63) is 231 Å². The van der Waals surface area contributed by atoms with Crippen LogP contribution in [0.5, 0.6) is 0 Å². The summed E-state index contributed by atoms with van der Waals surface area (Å²) in [7, 11) is 0. The molecule has 0 spiro atoms. The number of hydrogen-bond acceptors (Lipinski definition) is 1. The Morgan fingerprint density at radius 1 is 0.311 bits per heavy atom. The number of fused-ring (bicyclic) bond motifs is 7. The number of hydrogen-bond donors (Lipinski definition) is 0. The van der Waals surface area contributed by atoms with Crippen LogP contribution in [0, 0.1) is 0 Å². The second-order valence-electron chi connectivity index (χ2n) is 15.7. The van der Waals surface area contributed by atoms with Gasteiger partial charge < -0.3 is 4.57 Å². The molecule has 61 heavy (non-hydrogen) atoms. The van der Waals surface area contributed by atoms with Crippen LogP contribution in [0.4, 0.5) is 17.1 Å². The molecule has 0 atom stereocenters. The molecule has 286 valence electrons. The van der Waals surface area contributed by atoms with Crippen LogP contribution in [0.15, 0.2) is 231 Å². The number of para-hydroxylation sites is 2. The van der Waals surface area contributed by atoms with Gasteiger partial charge in [0.1, 0.15) is 0 Å². The summed E-state index contributed by atoms with van der Waals surface area (Å²) < 4.78 is 5.32. The van der Waals surface area contributed by atoms with Crippen LogP contribution in [0.25, 0.3) is 90.9 Å². The van der Waals surface area contributed by atoms with Crippen LogP contribution in [-0.2, 0) is 0 Å². The van der Waals surface area contributed by atoms with Gasteiger partial charge in [-0.1, -0.05) is 91.0 Å². The normalized spacial score (nSPS) is 11.6. The molecule has 12 aromatic rings. The molecule has 12 rings (SSSR count). The second-order valence-corrected chi connectivity index (χ2v) is 18.0. The zero-order valence-electron chi connectivity index (χ0n) is 33.2. The van der Waals surface area contributed by atoms with Crippen molar-refractivity contribution in [2.45, 2.75) is 0 Å². The number of nitrogens with zero attached hydrogens (tertiary/aromatic N) is 2. The fraction of sp³-hybridized carbons (Fsp3) is 0. The number of anilines is 3. The van der Waals surface area contributed by atoms with E-state index in [9.17, 15) is 0 Å². The molecule has 10 aromatic carbocycles. The van der Waals surface area contributed by atoms with Gasteiger partial charge in [-0.25, -0.2) is 0 Å². The van der Waals surface area contributed by atoms with Crippen LogP contribution < -0.4 is 4.90 Å². The third-order valence-electron chi connectivity index (χ3n) is 12.2. The molecular weight excluding hydrogens is 804 g/mol. The summed E-state index contributed by atoms with van der Waals surface area (Å²) in [6, 6.07) is 84.5. The summed E-state index contributed by atoms with van der Waals surface area (Å²) in [5.41, 5.74) is 14.2. The SMILES string of the molecule is c1ccc(-n2c3ccccc3c3ccc(-c4ccc(N(c5ccc(-c6ccc7c(c6)[se]c6ccccc67)cc5)c5ccc(-c6cccc7ccccc67)cc5)cc4)cc32)cc1. The minimum absolute atomic E-state index is 0.328. The minimum Gasteiger partial charge on any atom is -0.0602 e. The first kappa shape index (κ1) is 35.5. The van der Waals surface area contributed by atoms with Gasteiger partial charge in [-0.3, -0.25) is 0 Å². The van der Waals surface area contributed by atoms with E-state index in [0.29, 0.717) is 14.5 Å². The summed E-state index contributed by atoms with van der Waals surface area (Å²) >= 11 is 0.328. The first-order chi connectivity index (χ1) is 30.2. The fourth-order valence-electron chi connectivity index (χ4n) is 9.23. The molecule has 0 aliphatic carbocycles. The molecule has 0 aliphatic rings. The Hall–Kier alpha value is -7.42. The van der Waals surface area contributed by atoms with Crippen LogP contribution in [0.1, 0.15) is 0 Å². The van der Waals surface area contributed by atoms with Crippen molar-refractivity contribution in [2.24, 2.45) is 0 Å². The van der Waals surface area contributed by atoms with Gasteiger partial charge in [0, 0.05) is 16.5 Å². The Bertz CT molecular complexity index is 3560. The zero-order valence-corrected chi connectivity index (χ0v) is 35.0. The van der Waals surface area contributed by atoms with E-state index < -0.39 is 0 Å². The summed E-state index contributed by atoms with van der Waals surface area (Å²) in [4.78, 5) is 2.37. The van der Waals surface area contributed by atoms with E-state index in [2.05, 4.69) is 240 Å². The van der Waals surface area contributed by atoms with Crippen LogP contribution in [0.3, 0.4) is 0 Å². The molecule has 0 bridgehead atoms. The predicted octanol–water partition coefficient (Wildman–Crippen LogP) is 15.8. The third kappa shape index (κ3) is 6.18. The quantitative estimate of drug-likeness (QED) is 0.145. The summed E-state index contributed by atoms with van der Waals surface area (Å²) in [5.74, 6) is 0. The van der Waals surface area contributed by atoms with E-state index in [-0.39, 0.29) is 0 Å². The average Bonchev–Trinajstić information content (AvgIpc) is 3.87.